The molecule has 1 N–H and O–H groups in total. The van der Waals surface area contributed by atoms with E-state index < -0.39 is 6.10 Å². The molecule has 1 unspecified atom stereocenters. The minimum atomic E-state index is -0.460. The van der Waals surface area contributed by atoms with Crippen molar-refractivity contribution in [2.45, 2.75) is 19.4 Å². The van der Waals surface area contributed by atoms with E-state index in [0.29, 0.717) is 6.42 Å². The van der Waals surface area contributed by atoms with Crippen LogP contribution in [0, 0.1) is 6.92 Å². The van der Waals surface area contributed by atoms with Crippen molar-refractivity contribution in [3.05, 3.63) is 46.2 Å². The predicted octanol–water partition coefficient (Wildman–Crippen LogP) is 2.12. The monoisotopic (exact) mass is 220 g/mol. The van der Waals surface area contributed by atoms with E-state index in [4.69, 9.17) is 0 Å². The van der Waals surface area contributed by atoms with Crippen LogP contribution in [-0.2, 0) is 6.42 Å². The number of aromatic nitrogens is 2. The fourth-order valence-electron chi connectivity index (χ4n) is 1.37. The van der Waals surface area contributed by atoms with E-state index in [1.165, 1.54) is 11.3 Å². The van der Waals surface area contributed by atoms with Gasteiger partial charge in [0.15, 0.2) is 0 Å². The smallest absolute Gasteiger partial charge is 0.0938 e. The van der Waals surface area contributed by atoms with Gasteiger partial charge in [0.1, 0.15) is 0 Å². The second-order valence-corrected chi connectivity index (χ2v) is 4.62. The van der Waals surface area contributed by atoms with E-state index >= 15 is 0 Å². The Kier molecular flexibility index (Phi) is 3.08. The highest BCUT2D eigenvalue weighted by Gasteiger charge is 2.10. The first-order valence-electron chi connectivity index (χ1n) is 4.75. The van der Waals surface area contributed by atoms with Gasteiger partial charge in [0.2, 0.25) is 0 Å². The summed E-state index contributed by atoms with van der Waals surface area (Å²) in [4.78, 5) is 8.98. The first kappa shape index (κ1) is 10.3. The third-order valence-corrected chi connectivity index (χ3v) is 3.16. The van der Waals surface area contributed by atoms with Crippen LogP contribution in [-0.4, -0.2) is 15.1 Å². The van der Waals surface area contributed by atoms with Gasteiger partial charge in [-0.05, 0) is 24.6 Å². The van der Waals surface area contributed by atoms with Gasteiger partial charge in [0.25, 0.3) is 0 Å². The lowest BCUT2D eigenvalue weighted by Crippen LogP contribution is -1.99. The van der Waals surface area contributed by atoms with Crippen molar-refractivity contribution in [2.75, 3.05) is 0 Å². The number of aliphatic hydroxyl groups excluding tert-OH is 1. The van der Waals surface area contributed by atoms with Crippen LogP contribution < -0.4 is 0 Å². The summed E-state index contributed by atoms with van der Waals surface area (Å²) in [6, 6.07) is 3.83. The quantitative estimate of drug-likeness (QED) is 0.861. The molecule has 2 rings (SSSR count). The van der Waals surface area contributed by atoms with Crippen molar-refractivity contribution < 1.29 is 5.11 Å². The van der Waals surface area contributed by atoms with E-state index in [0.717, 1.165) is 15.4 Å². The van der Waals surface area contributed by atoms with Crippen LogP contribution in [0.15, 0.2) is 30.7 Å². The first-order valence-corrected chi connectivity index (χ1v) is 5.56. The maximum absolute atomic E-state index is 9.94. The van der Waals surface area contributed by atoms with Gasteiger partial charge in [0, 0.05) is 25.0 Å². The molecule has 4 heteroatoms. The Morgan fingerprint density at radius 1 is 1.40 bits per heavy atom. The molecule has 0 saturated heterocycles. The van der Waals surface area contributed by atoms with Crippen LogP contribution in [0.5, 0.6) is 0 Å². The number of aryl methyl sites for hydroxylation is 1. The lowest BCUT2D eigenvalue weighted by molar-refractivity contribution is 0.182. The maximum Gasteiger partial charge on any atom is 0.0938 e. The highest BCUT2D eigenvalue weighted by molar-refractivity contribution is 7.11. The largest absolute Gasteiger partial charge is 0.387 e. The van der Waals surface area contributed by atoms with Gasteiger partial charge >= 0.3 is 0 Å². The number of rotatable bonds is 3. The maximum atomic E-state index is 9.94. The summed E-state index contributed by atoms with van der Waals surface area (Å²) in [7, 11) is 0. The highest BCUT2D eigenvalue weighted by Crippen LogP contribution is 2.23. The molecule has 0 saturated carbocycles. The fourth-order valence-corrected chi connectivity index (χ4v) is 2.15. The average molecular weight is 220 g/mol. The fraction of sp³-hybridized carbons (Fsp3) is 0.273. The standard InChI is InChI=1S/C11H12N2OS/c1-8-13-7-11(15-8)10(14)6-9-2-4-12-5-3-9/h2-5,7,10,14H,6H2,1H3. The van der Waals surface area contributed by atoms with Crippen molar-refractivity contribution in [1.29, 1.82) is 0 Å². The molecular formula is C11H12N2OS. The SMILES string of the molecule is Cc1ncc(C(O)Cc2ccncc2)s1. The van der Waals surface area contributed by atoms with Gasteiger partial charge in [-0.2, -0.15) is 0 Å². The molecule has 0 radical (unpaired) electrons. The van der Waals surface area contributed by atoms with Gasteiger partial charge in [-0.15, -0.1) is 11.3 Å². The van der Waals surface area contributed by atoms with Crippen molar-refractivity contribution in [3.8, 4) is 0 Å². The minimum absolute atomic E-state index is 0.460. The van der Waals surface area contributed by atoms with Gasteiger partial charge < -0.3 is 5.11 Å². The Morgan fingerprint density at radius 2 is 2.13 bits per heavy atom. The predicted molar refractivity (Wildman–Crippen MR) is 59.8 cm³/mol. The number of hydrogen-bond acceptors (Lipinski definition) is 4. The van der Waals surface area contributed by atoms with E-state index in [1.807, 2.05) is 19.1 Å². The van der Waals surface area contributed by atoms with Gasteiger partial charge in [-0.25, -0.2) is 4.98 Å². The van der Waals surface area contributed by atoms with Gasteiger partial charge in [0.05, 0.1) is 16.0 Å². The zero-order valence-corrected chi connectivity index (χ0v) is 9.24. The topological polar surface area (TPSA) is 46.0 Å². The van der Waals surface area contributed by atoms with E-state index in [2.05, 4.69) is 9.97 Å². The molecule has 2 heterocycles. The molecule has 0 bridgehead atoms. The van der Waals surface area contributed by atoms with Crippen LogP contribution in [0.1, 0.15) is 21.6 Å². The minimum Gasteiger partial charge on any atom is -0.387 e. The molecule has 0 aliphatic carbocycles. The number of aliphatic hydroxyl groups is 1. The normalized spacial score (nSPS) is 12.7. The summed E-state index contributed by atoms with van der Waals surface area (Å²) in [5.74, 6) is 0. The molecule has 2 aromatic rings. The van der Waals surface area contributed by atoms with E-state index in [9.17, 15) is 5.11 Å². The van der Waals surface area contributed by atoms with Crippen molar-refractivity contribution in [1.82, 2.24) is 9.97 Å². The van der Waals surface area contributed by atoms with E-state index in [-0.39, 0.29) is 0 Å². The molecule has 1 atom stereocenters. The third-order valence-electron chi connectivity index (χ3n) is 2.15. The van der Waals surface area contributed by atoms with Gasteiger partial charge in [-0.3, -0.25) is 4.98 Å². The Hall–Kier alpha value is -1.26. The van der Waals surface area contributed by atoms with Crippen LogP contribution in [0.3, 0.4) is 0 Å². The molecule has 15 heavy (non-hydrogen) atoms. The molecule has 2 aromatic heterocycles. The molecule has 0 spiro atoms. The summed E-state index contributed by atoms with van der Waals surface area (Å²) >= 11 is 1.54. The van der Waals surface area contributed by atoms with Crippen molar-refractivity contribution >= 4 is 11.3 Å². The number of nitrogens with zero attached hydrogens (tertiary/aromatic N) is 2. The summed E-state index contributed by atoms with van der Waals surface area (Å²) in [5.41, 5.74) is 1.09. The third kappa shape index (κ3) is 2.61. The van der Waals surface area contributed by atoms with Crippen LogP contribution in [0.4, 0.5) is 0 Å². The molecule has 0 aliphatic rings. The lowest BCUT2D eigenvalue weighted by atomic mass is 10.1. The average Bonchev–Trinajstić information content (AvgIpc) is 2.66. The van der Waals surface area contributed by atoms with Crippen LogP contribution in [0.25, 0.3) is 0 Å². The first-order chi connectivity index (χ1) is 7.25. The zero-order valence-electron chi connectivity index (χ0n) is 8.42. The molecular weight excluding hydrogens is 208 g/mol. The van der Waals surface area contributed by atoms with Crippen molar-refractivity contribution in [2.24, 2.45) is 0 Å². The summed E-state index contributed by atoms with van der Waals surface area (Å²) in [6.07, 6.45) is 5.37. The second kappa shape index (κ2) is 4.51. The Bertz CT molecular complexity index is 427. The van der Waals surface area contributed by atoms with Crippen LogP contribution in [0.2, 0.25) is 0 Å². The van der Waals surface area contributed by atoms with Gasteiger partial charge in [-0.1, -0.05) is 0 Å². The Balaban J connectivity index is 2.07. The molecule has 0 aromatic carbocycles. The highest BCUT2D eigenvalue weighted by atomic mass is 32.1. The molecule has 78 valence electrons. The Morgan fingerprint density at radius 3 is 2.73 bits per heavy atom. The number of pyridine rings is 1. The lowest BCUT2D eigenvalue weighted by Gasteiger charge is -2.07. The Labute approximate surface area is 92.5 Å². The molecule has 0 fully saturated rings. The molecule has 0 amide bonds. The summed E-state index contributed by atoms with van der Waals surface area (Å²) in [6.45, 7) is 1.94. The number of thiazole rings is 1. The second-order valence-electron chi connectivity index (χ2n) is 3.36. The summed E-state index contributed by atoms with van der Waals surface area (Å²) in [5, 5.41) is 10.9. The zero-order chi connectivity index (χ0) is 10.7. The number of hydrogen-bond donors (Lipinski definition) is 1. The van der Waals surface area contributed by atoms with Crippen LogP contribution >= 0.6 is 11.3 Å². The van der Waals surface area contributed by atoms with Crippen molar-refractivity contribution in [3.63, 3.8) is 0 Å². The summed E-state index contributed by atoms with van der Waals surface area (Å²) < 4.78 is 0. The van der Waals surface area contributed by atoms with E-state index in [1.54, 1.807) is 18.6 Å². The molecule has 3 nitrogen and oxygen atoms in total. The molecule has 0 aliphatic heterocycles.